The van der Waals surface area contributed by atoms with Crippen LogP contribution in [-0.4, -0.2) is 17.3 Å². The molecule has 0 aliphatic rings. The minimum absolute atomic E-state index is 0.384. The van der Waals surface area contributed by atoms with Gasteiger partial charge in [-0.15, -0.1) is 0 Å². The fraction of sp³-hybridized carbons (Fsp3) is 0.273. The molecule has 4 nitrogen and oxygen atoms in total. The summed E-state index contributed by atoms with van der Waals surface area (Å²) in [7, 11) is 0. The molecule has 0 bridgehead atoms. The topological polar surface area (TPSA) is 69.4 Å². The molecule has 0 radical (unpaired) electrons. The first-order valence-electron chi connectivity index (χ1n) is 4.63. The van der Waals surface area contributed by atoms with Crippen molar-refractivity contribution in [3.8, 4) is 0 Å². The van der Waals surface area contributed by atoms with Crippen molar-refractivity contribution >= 4 is 23.6 Å². The third-order valence-electron chi connectivity index (χ3n) is 2.36. The lowest BCUT2D eigenvalue weighted by Gasteiger charge is -2.19. The average molecular weight is 242 g/mol. The number of hydrogen-bond donors (Lipinski definition) is 1. The molecule has 1 aromatic rings. The summed E-state index contributed by atoms with van der Waals surface area (Å²) in [6.45, 7) is 3.03. The highest BCUT2D eigenvalue weighted by molar-refractivity contribution is 6.22. The summed E-state index contributed by atoms with van der Waals surface area (Å²) < 4.78 is 3.98. The first-order valence-corrected chi connectivity index (χ1v) is 4.94. The van der Waals surface area contributed by atoms with Gasteiger partial charge in [0.15, 0.2) is 11.3 Å². The monoisotopic (exact) mass is 241 g/mol. The lowest BCUT2D eigenvalue weighted by molar-refractivity contribution is -0.137. The minimum Gasteiger partial charge on any atom is -0.345 e. The van der Waals surface area contributed by atoms with Crippen LogP contribution < -0.4 is 5.73 Å². The Labute approximate surface area is 98.5 Å². The van der Waals surface area contributed by atoms with E-state index in [9.17, 15) is 9.59 Å². The van der Waals surface area contributed by atoms with E-state index in [2.05, 4.69) is 4.29 Å². The third-order valence-corrected chi connectivity index (χ3v) is 2.50. The van der Waals surface area contributed by atoms with Gasteiger partial charge in [0.1, 0.15) is 11.9 Å². The number of halogens is 1. The number of carbonyl (C=O) groups is 2. The molecular weight excluding hydrogens is 230 g/mol. The van der Waals surface area contributed by atoms with E-state index in [4.69, 9.17) is 17.6 Å². The molecule has 0 aliphatic carbocycles. The molecule has 16 heavy (non-hydrogen) atoms. The number of carbonyl (C=O) groups excluding carboxylic acids is 2. The molecule has 0 aliphatic heterocycles. The molecule has 1 aromatic carbocycles. The smallest absolute Gasteiger partial charge is 0.345 e. The van der Waals surface area contributed by atoms with Crippen LogP contribution in [0.4, 0.5) is 0 Å². The van der Waals surface area contributed by atoms with E-state index in [1.54, 1.807) is 31.2 Å². The first-order chi connectivity index (χ1) is 7.41. The van der Waals surface area contributed by atoms with Crippen molar-refractivity contribution in [2.45, 2.75) is 19.4 Å². The van der Waals surface area contributed by atoms with Crippen molar-refractivity contribution < 1.29 is 13.9 Å². The number of rotatable bonds is 3. The molecule has 1 rings (SSSR count). The highest BCUT2D eigenvalue weighted by Crippen LogP contribution is 2.16. The van der Waals surface area contributed by atoms with Crippen LogP contribution in [0, 0.1) is 6.92 Å². The van der Waals surface area contributed by atoms with Crippen LogP contribution in [0.2, 0.25) is 0 Å². The van der Waals surface area contributed by atoms with E-state index >= 15 is 0 Å². The Morgan fingerprint density at radius 1 is 1.38 bits per heavy atom. The summed E-state index contributed by atoms with van der Waals surface area (Å²) in [6.07, 6.45) is 0. The fourth-order valence-electron chi connectivity index (χ4n) is 1.28. The Kier molecular flexibility index (Phi) is 3.67. The predicted octanol–water partition coefficient (Wildman–Crippen LogP) is 1.59. The molecule has 0 saturated carbocycles. The van der Waals surface area contributed by atoms with Gasteiger partial charge >= 0.3 is 5.97 Å². The molecule has 0 heterocycles. The standard InChI is InChI=1S/C11H12ClNO3/c1-7-5-3-4-6-8(7)9(14)11(2,13)10(15)16-12/h3-6H,13H2,1-2H3. The summed E-state index contributed by atoms with van der Waals surface area (Å²) in [5, 5.41) is 0. The van der Waals surface area contributed by atoms with E-state index < -0.39 is 17.3 Å². The Hall–Kier alpha value is -1.39. The average Bonchev–Trinajstić information content (AvgIpc) is 2.27. The Morgan fingerprint density at radius 2 is 1.94 bits per heavy atom. The zero-order valence-electron chi connectivity index (χ0n) is 8.99. The maximum absolute atomic E-state index is 12.0. The van der Waals surface area contributed by atoms with Crippen molar-refractivity contribution in [2.75, 3.05) is 0 Å². The summed E-state index contributed by atoms with van der Waals surface area (Å²) in [6, 6.07) is 6.85. The molecule has 0 amide bonds. The van der Waals surface area contributed by atoms with Gasteiger partial charge in [0.2, 0.25) is 0 Å². The lowest BCUT2D eigenvalue weighted by Crippen LogP contribution is -2.52. The highest BCUT2D eigenvalue weighted by Gasteiger charge is 2.39. The van der Waals surface area contributed by atoms with Gasteiger partial charge in [0.25, 0.3) is 0 Å². The number of nitrogens with two attached hydrogens (primary N) is 1. The second kappa shape index (κ2) is 4.63. The van der Waals surface area contributed by atoms with Crippen LogP contribution in [0.1, 0.15) is 22.8 Å². The Balaban J connectivity index is 3.12. The second-order valence-electron chi connectivity index (χ2n) is 3.71. The summed E-state index contributed by atoms with van der Waals surface area (Å²) in [5.41, 5.74) is 4.96. The van der Waals surface area contributed by atoms with E-state index in [1.807, 2.05) is 0 Å². The Bertz CT molecular complexity index is 429. The van der Waals surface area contributed by atoms with Crippen LogP contribution in [0.15, 0.2) is 24.3 Å². The molecule has 0 fully saturated rings. The van der Waals surface area contributed by atoms with Crippen molar-refractivity contribution in [2.24, 2.45) is 5.73 Å². The van der Waals surface area contributed by atoms with E-state index in [0.717, 1.165) is 5.56 Å². The van der Waals surface area contributed by atoms with Crippen molar-refractivity contribution in [3.63, 3.8) is 0 Å². The molecule has 0 spiro atoms. The van der Waals surface area contributed by atoms with Gasteiger partial charge in [-0.3, -0.25) is 4.79 Å². The van der Waals surface area contributed by atoms with Crippen LogP contribution in [0.3, 0.4) is 0 Å². The zero-order valence-corrected chi connectivity index (χ0v) is 9.75. The fourth-order valence-corrected chi connectivity index (χ4v) is 1.44. The molecule has 0 saturated heterocycles. The summed E-state index contributed by atoms with van der Waals surface area (Å²) >= 11 is 4.93. The van der Waals surface area contributed by atoms with E-state index in [0.29, 0.717) is 5.56 Å². The molecule has 2 N–H and O–H groups in total. The third kappa shape index (κ3) is 2.23. The van der Waals surface area contributed by atoms with Crippen molar-refractivity contribution in [1.82, 2.24) is 0 Å². The molecule has 5 heteroatoms. The Morgan fingerprint density at radius 3 is 2.44 bits per heavy atom. The van der Waals surface area contributed by atoms with Crippen LogP contribution in [-0.2, 0) is 9.08 Å². The minimum atomic E-state index is -1.77. The van der Waals surface area contributed by atoms with Gasteiger partial charge in [0, 0.05) is 5.56 Å². The molecular formula is C11H12ClNO3. The predicted molar refractivity (Wildman–Crippen MR) is 60.0 cm³/mol. The molecule has 0 aromatic heterocycles. The summed E-state index contributed by atoms with van der Waals surface area (Å²) in [5.74, 6) is -1.49. The quantitative estimate of drug-likeness (QED) is 0.645. The van der Waals surface area contributed by atoms with Gasteiger partial charge in [-0.2, -0.15) is 0 Å². The number of ketones is 1. The molecule has 1 atom stereocenters. The van der Waals surface area contributed by atoms with Gasteiger partial charge in [-0.1, -0.05) is 24.3 Å². The van der Waals surface area contributed by atoms with Crippen LogP contribution in [0.5, 0.6) is 0 Å². The number of hydrogen-bond acceptors (Lipinski definition) is 4. The second-order valence-corrected chi connectivity index (χ2v) is 3.87. The lowest BCUT2D eigenvalue weighted by atomic mass is 9.90. The van der Waals surface area contributed by atoms with Gasteiger partial charge in [0.05, 0.1) is 0 Å². The number of benzene rings is 1. The normalized spacial score (nSPS) is 14.0. The summed E-state index contributed by atoms with van der Waals surface area (Å²) in [4.78, 5) is 23.3. The maximum Gasteiger partial charge on any atom is 0.352 e. The van der Waals surface area contributed by atoms with Gasteiger partial charge in [-0.25, -0.2) is 4.79 Å². The number of Topliss-reactive ketones (excluding diaryl/α,β-unsaturated/α-hetero) is 1. The highest BCUT2D eigenvalue weighted by atomic mass is 35.5. The van der Waals surface area contributed by atoms with Crippen LogP contribution >= 0.6 is 11.9 Å². The van der Waals surface area contributed by atoms with Gasteiger partial charge < -0.3 is 10.0 Å². The molecule has 1 unspecified atom stereocenters. The first kappa shape index (κ1) is 12.7. The largest absolute Gasteiger partial charge is 0.352 e. The SMILES string of the molecule is Cc1ccccc1C(=O)C(C)(N)C(=O)OCl. The van der Waals surface area contributed by atoms with Crippen molar-refractivity contribution in [3.05, 3.63) is 35.4 Å². The van der Waals surface area contributed by atoms with E-state index in [1.165, 1.54) is 6.92 Å². The maximum atomic E-state index is 12.0. The van der Waals surface area contributed by atoms with Gasteiger partial charge in [-0.05, 0) is 19.4 Å². The van der Waals surface area contributed by atoms with E-state index in [-0.39, 0.29) is 0 Å². The zero-order chi connectivity index (χ0) is 12.3. The van der Waals surface area contributed by atoms with Crippen molar-refractivity contribution in [1.29, 1.82) is 0 Å². The number of aryl methyl sites for hydroxylation is 1. The molecule has 86 valence electrons. The van der Waals surface area contributed by atoms with Crippen LogP contribution in [0.25, 0.3) is 0 Å².